The van der Waals surface area contributed by atoms with Crippen LogP contribution in [-0.2, 0) is 4.79 Å². The van der Waals surface area contributed by atoms with Gasteiger partial charge in [0.15, 0.2) is 0 Å². The van der Waals surface area contributed by atoms with E-state index >= 15 is 0 Å². The van der Waals surface area contributed by atoms with E-state index in [1.54, 1.807) is 31.4 Å². The molecule has 0 radical (unpaired) electrons. The van der Waals surface area contributed by atoms with Gasteiger partial charge in [-0.3, -0.25) is 9.59 Å². The number of hydrogen-bond acceptors (Lipinski definition) is 4. The molecule has 0 spiro atoms. The van der Waals surface area contributed by atoms with Gasteiger partial charge >= 0.3 is 0 Å². The first-order chi connectivity index (χ1) is 12.0. The Hall–Kier alpha value is -1.94. The maximum Gasteiger partial charge on any atom is 0.259 e. The molecule has 2 rings (SSSR count). The molecule has 0 fully saturated rings. The maximum absolute atomic E-state index is 12.0. The second kappa shape index (κ2) is 9.52. The van der Waals surface area contributed by atoms with Crippen molar-refractivity contribution < 1.29 is 14.3 Å². The van der Waals surface area contributed by atoms with Gasteiger partial charge in [0.1, 0.15) is 5.75 Å². The summed E-state index contributed by atoms with van der Waals surface area (Å²) >= 11 is 5.46. The third-order valence-corrected chi connectivity index (χ3v) is 4.79. The molecule has 0 bridgehead atoms. The summed E-state index contributed by atoms with van der Waals surface area (Å²) in [6, 6.07) is 12.5. The van der Waals surface area contributed by atoms with Crippen LogP contribution < -0.4 is 15.5 Å². The highest BCUT2D eigenvalue weighted by Crippen LogP contribution is 2.20. The van der Waals surface area contributed by atoms with Gasteiger partial charge < -0.3 is 10.1 Å². The zero-order valence-corrected chi connectivity index (χ0v) is 17.0. The van der Waals surface area contributed by atoms with Gasteiger partial charge in [-0.15, -0.1) is 0 Å². The van der Waals surface area contributed by atoms with Gasteiger partial charge in [0, 0.05) is 13.6 Å². The Morgan fingerprint density at radius 1 is 1.28 bits per heavy atom. The highest BCUT2D eigenvalue weighted by molar-refractivity contribution is 14.1. The van der Waals surface area contributed by atoms with Gasteiger partial charge in [-0.1, -0.05) is 28.1 Å². The molecule has 0 aliphatic heterocycles. The molecule has 2 aromatic carbocycles. The van der Waals surface area contributed by atoms with E-state index in [0.717, 1.165) is 13.6 Å². The van der Waals surface area contributed by atoms with Crippen LogP contribution in [0.2, 0.25) is 0 Å². The normalized spacial score (nSPS) is 10.5. The second-order valence-corrected chi connectivity index (χ2v) is 6.86. The largest absolute Gasteiger partial charge is 0.497 e. The highest BCUT2D eigenvalue weighted by atomic mass is 127. The Balaban J connectivity index is 1.87. The molecule has 0 unspecified atom stereocenters. The molecule has 0 saturated heterocycles. The van der Waals surface area contributed by atoms with Crippen LogP contribution in [0.3, 0.4) is 0 Å². The van der Waals surface area contributed by atoms with E-state index in [1.165, 1.54) is 6.21 Å². The average Bonchev–Trinajstić information content (AvgIpc) is 2.61. The number of carbonyl (C=O) groups is 2. The lowest BCUT2D eigenvalue weighted by Crippen LogP contribution is -2.35. The number of ether oxygens (including phenoxy) is 1. The molecule has 0 aliphatic carbocycles. The molecule has 8 heteroatoms. The van der Waals surface area contributed by atoms with Crippen LogP contribution >= 0.6 is 38.5 Å². The number of hydrogen-bond donors (Lipinski definition) is 2. The lowest BCUT2D eigenvalue weighted by atomic mass is 10.2. The monoisotopic (exact) mass is 515 g/mol. The van der Waals surface area contributed by atoms with E-state index < -0.39 is 5.91 Å². The summed E-state index contributed by atoms with van der Waals surface area (Å²) in [5.41, 5.74) is 3.65. The minimum atomic E-state index is -0.422. The summed E-state index contributed by atoms with van der Waals surface area (Å²) in [6.45, 7) is -0.166. The van der Waals surface area contributed by atoms with Gasteiger partial charge in [-0.2, -0.15) is 5.10 Å². The Labute approximate surface area is 167 Å². The molecule has 6 nitrogen and oxygen atoms in total. The van der Waals surface area contributed by atoms with Crippen molar-refractivity contribution in [3.8, 4) is 5.75 Å². The fourth-order valence-electron chi connectivity index (χ4n) is 1.86. The van der Waals surface area contributed by atoms with Crippen molar-refractivity contribution >= 4 is 56.5 Å². The zero-order valence-electron chi connectivity index (χ0n) is 13.3. The van der Waals surface area contributed by atoms with Crippen molar-refractivity contribution in [1.82, 2.24) is 10.7 Å². The van der Waals surface area contributed by atoms with Gasteiger partial charge in [0.25, 0.3) is 11.8 Å². The van der Waals surface area contributed by atoms with Crippen molar-refractivity contribution in [3.63, 3.8) is 0 Å². The molecule has 0 atom stereocenters. The van der Waals surface area contributed by atoms with Crippen LogP contribution in [0.1, 0.15) is 15.9 Å². The first-order valence-corrected chi connectivity index (χ1v) is 9.06. The van der Waals surface area contributed by atoms with Crippen LogP contribution in [-0.4, -0.2) is 31.7 Å². The van der Waals surface area contributed by atoms with Crippen LogP contribution in [0.4, 0.5) is 0 Å². The van der Waals surface area contributed by atoms with Gasteiger partial charge in [0.2, 0.25) is 0 Å². The first kappa shape index (κ1) is 19.4. The predicted octanol–water partition coefficient (Wildman–Crippen LogP) is 2.94. The summed E-state index contributed by atoms with van der Waals surface area (Å²) in [5.74, 6) is -0.0464. The smallest absolute Gasteiger partial charge is 0.259 e. The third kappa shape index (κ3) is 5.82. The minimum absolute atomic E-state index is 0.166. The predicted molar refractivity (Wildman–Crippen MR) is 108 cm³/mol. The fourth-order valence-corrected chi connectivity index (χ4v) is 2.84. The molecule has 0 saturated carbocycles. The maximum atomic E-state index is 12.0. The number of carbonyl (C=O) groups excluding carboxylic acids is 2. The molecule has 0 aromatic heterocycles. The number of benzene rings is 2. The van der Waals surface area contributed by atoms with Crippen molar-refractivity contribution in [3.05, 3.63) is 61.6 Å². The molecular formula is C17H15BrIN3O3. The van der Waals surface area contributed by atoms with Crippen molar-refractivity contribution in [2.75, 3.05) is 13.7 Å². The summed E-state index contributed by atoms with van der Waals surface area (Å²) in [4.78, 5) is 23.8. The summed E-state index contributed by atoms with van der Waals surface area (Å²) in [5, 5.41) is 6.44. The lowest BCUT2D eigenvalue weighted by molar-refractivity contribution is -0.120. The molecule has 130 valence electrons. The van der Waals surface area contributed by atoms with Gasteiger partial charge in [-0.25, -0.2) is 5.43 Å². The van der Waals surface area contributed by atoms with Crippen molar-refractivity contribution in [2.24, 2.45) is 5.10 Å². The number of amides is 2. The number of halogens is 2. The second-order valence-electron chi connectivity index (χ2n) is 4.84. The van der Waals surface area contributed by atoms with Crippen LogP contribution in [0, 0.1) is 3.57 Å². The van der Waals surface area contributed by atoms with Crippen LogP contribution in [0.5, 0.6) is 5.75 Å². The Kier molecular flexibility index (Phi) is 7.38. The molecule has 2 aromatic rings. The molecule has 25 heavy (non-hydrogen) atoms. The topological polar surface area (TPSA) is 79.8 Å². The van der Waals surface area contributed by atoms with E-state index in [9.17, 15) is 9.59 Å². The third-order valence-electron chi connectivity index (χ3n) is 3.12. The quantitative estimate of drug-likeness (QED) is 0.352. The number of hydrazone groups is 1. The van der Waals surface area contributed by atoms with E-state index in [2.05, 4.69) is 54.4 Å². The average molecular weight is 516 g/mol. The van der Waals surface area contributed by atoms with Crippen LogP contribution in [0.15, 0.2) is 52.0 Å². The van der Waals surface area contributed by atoms with Gasteiger partial charge in [0.05, 0.1) is 25.4 Å². The van der Waals surface area contributed by atoms with E-state index in [4.69, 9.17) is 4.74 Å². The number of nitrogens with one attached hydrogen (secondary N) is 2. The van der Waals surface area contributed by atoms with Crippen molar-refractivity contribution in [2.45, 2.75) is 0 Å². The van der Waals surface area contributed by atoms with E-state index in [0.29, 0.717) is 11.3 Å². The molecule has 0 heterocycles. The number of methoxy groups -OCH3 is 1. The molecule has 0 aliphatic rings. The Morgan fingerprint density at radius 2 is 2.04 bits per heavy atom. The summed E-state index contributed by atoms with van der Waals surface area (Å²) in [7, 11) is 1.57. The molecule has 2 amide bonds. The Morgan fingerprint density at radius 3 is 2.76 bits per heavy atom. The standard InChI is InChI=1S/C17H15BrIN3O3/c1-25-12-6-7-14(18)11(8-12)9-21-22-16(23)10-20-17(24)13-4-2-3-5-15(13)19/h2-9H,10H2,1H3,(H,20,24)(H,22,23)/b21-9-. The number of nitrogens with zero attached hydrogens (tertiary/aromatic N) is 1. The first-order valence-electron chi connectivity index (χ1n) is 7.19. The van der Waals surface area contributed by atoms with Crippen LogP contribution in [0.25, 0.3) is 0 Å². The lowest BCUT2D eigenvalue weighted by Gasteiger charge is -2.06. The molecular weight excluding hydrogens is 501 g/mol. The zero-order chi connectivity index (χ0) is 18.2. The Bertz CT molecular complexity index is 811. The number of rotatable bonds is 6. The SMILES string of the molecule is COc1ccc(Br)c(/C=N\NC(=O)CNC(=O)c2ccccc2I)c1. The van der Waals surface area contributed by atoms with Gasteiger partial charge in [-0.05, 0) is 52.9 Å². The highest BCUT2D eigenvalue weighted by Gasteiger charge is 2.10. The van der Waals surface area contributed by atoms with E-state index in [-0.39, 0.29) is 12.5 Å². The minimum Gasteiger partial charge on any atom is -0.497 e. The summed E-state index contributed by atoms with van der Waals surface area (Å²) < 4.78 is 6.77. The fraction of sp³-hybridized carbons (Fsp3) is 0.118. The molecule has 2 N–H and O–H groups in total. The van der Waals surface area contributed by atoms with Crippen molar-refractivity contribution in [1.29, 1.82) is 0 Å². The van der Waals surface area contributed by atoms with E-state index in [1.807, 2.05) is 18.2 Å². The summed E-state index contributed by atoms with van der Waals surface area (Å²) in [6.07, 6.45) is 1.49.